The van der Waals surface area contributed by atoms with Crippen molar-refractivity contribution in [2.45, 2.75) is 44.0 Å². The van der Waals surface area contributed by atoms with Gasteiger partial charge in [-0.25, -0.2) is 13.8 Å². The Morgan fingerprint density at radius 2 is 1.74 bits per heavy atom. The molecule has 1 atom stereocenters. The molecule has 0 bridgehead atoms. The van der Waals surface area contributed by atoms with Crippen LogP contribution in [0.25, 0.3) is 0 Å². The Kier molecular flexibility index (Phi) is 4.28. The van der Waals surface area contributed by atoms with Crippen LogP contribution >= 0.6 is 0 Å². The summed E-state index contributed by atoms with van der Waals surface area (Å²) in [6, 6.07) is 6.23. The van der Waals surface area contributed by atoms with Gasteiger partial charge in [-0.05, 0) is 51.3 Å². The Morgan fingerprint density at radius 3 is 2.13 bits per heavy atom. The highest BCUT2D eigenvalue weighted by Crippen LogP contribution is 2.53. The van der Waals surface area contributed by atoms with Gasteiger partial charge < -0.3 is 9.84 Å². The number of amides is 1. The Bertz CT molecular complexity index is 748. The minimum atomic E-state index is -2.85. The lowest BCUT2D eigenvalue weighted by molar-refractivity contribution is 0.0606. The second-order valence-electron chi connectivity index (χ2n) is 6.75. The second-order valence-corrected chi connectivity index (χ2v) is 9.32. The first kappa shape index (κ1) is 17.5. The van der Waals surface area contributed by atoms with Crippen molar-refractivity contribution >= 4 is 21.8 Å². The zero-order valence-corrected chi connectivity index (χ0v) is 14.5. The topological polar surface area (TPSA) is 93.0 Å². The van der Waals surface area contributed by atoms with Gasteiger partial charge in [-0.1, -0.05) is 12.1 Å². The molecule has 7 heteroatoms. The van der Waals surface area contributed by atoms with Crippen LogP contribution in [0.3, 0.4) is 0 Å². The SMILES string of the molecule is CC(C)(C)OC(=O)N=S(C)(=O)C1(c2ccc(C(=O)O)cc2)CC1. The van der Waals surface area contributed by atoms with Crippen LogP contribution in [0.5, 0.6) is 0 Å². The highest BCUT2D eigenvalue weighted by molar-refractivity contribution is 7.94. The van der Waals surface area contributed by atoms with E-state index < -0.39 is 32.1 Å². The Balaban J connectivity index is 2.33. The standard InChI is InChI=1S/C16H21NO5S/c1-15(2,3)22-14(20)17-23(4,21)16(9-10-16)12-7-5-11(6-8-12)13(18)19/h5-8H,9-10H2,1-4H3,(H,18,19). The molecule has 1 aromatic carbocycles. The largest absolute Gasteiger partial charge is 0.478 e. The van der Waals surface area contributed by atoms with Gasteiger partial charge in [-0.2, -0.15) is 0 Å². The number of hydrogen-bond acceptors (Lipinski definition) is 4. The van der Waals surface area contributed by atoms with Gasteiger partial charge in [0, 0.05) is 6.26 Å². The summed E-state index contributed by atoms with van der Waals surface area (Å²) in [4.78, 5) is 22.8. The predicted octanol–water partition coefficient (Wildman–Crippen LogP) is 3.41. The number of hydrogen-bond donors (Lipinski definition) is 1. The van der Waals surface area contributed by atoms with Gasteiger partial charge in [-0.3, -0.25) is 0 Å². The van der Waals surface area contributed by atoms with E-state index in [0.29, 0.717) is 12.8 Å². The molecule has 0 saturated heterocycles. The van der Waals surface area contributed by atoms with Crippen molar-refractivity contribution in [1.29, 1.82) is 0 Å². The van der Waals surface area contributed by atoms with Crippen LogP contribution < -0.4 is 0 Å². The normalized spacial score (nSPS) is 18.6. The third-order valence-corrected chi connectivity index (χ3v) is 6.32. The zero-order valence-electron chi connectivity index (χ0n) is 13.7. The average Bonchev–Trinajstić information content (AvgIpc) is 3.17. The molecule has 1 amide bonds. The number of rotatable bonds is 3. The van der Waals surface area contributed by atoms with Crippen molar-refractivity contribution in [3.8, 4) is 0 Å². The number of nitrogens with zero attached hydrogens (tertiary/aromatic N) is 1. The van der Waals surface area contributed by atoms with Crippen LogP contribution in [0.2, 0.25) is 0 Å². The third kappa shape index (κ3) is 3.72. The van der Waals surface area contributed by atoms with Gasteiger partial charge in [0.2, 0.25) is 0 Å². The minimum absolute atomic E-state index is 0.163. The van der Waals surface area contributed by atoms with E-state index in [1.165, 1.54) is 18.4 Å². The van der Waals surface area contributed by atoms with Crippen molar-refractivity contribution in [1.82, 2.24) is 0 Å². The zero-order chi connectivity index (χ0) is 17.5. The van der Waals surface area contributed by atoms with Crippen molar-refractivity contribution in [2.75, 3.05) is 6.26 Å². The average molecular weight is 339 g/mol. The smallest absolute Gasteiger partial charge is 0.442 e. The lowest BCUT2D eigenvalue weighted by atomic mass is 10.1. The molecule has 0 aromatic heterocycles. The van der Waals surface area contributed by atoms with E-state index >= 15 is 0 Å². The molecule has 1 fully saturated rings. The summed E-state index contributed by atoms with van der Waals surface area (Å²) >= 11 is 0. The molecule has 1 saturated carbocycles. The summed E-state index contributed by atoms with van der Waals surface area (Å²) < 4.78 is 21.2. The van der Waals surface area contributed by atoms with E-state index in [9.17, 15) is 13.8 Å². The van der Waals surface area contributed by atoms with Crippen LogP contribution in [0.1, 0.15) is 49.5 Å². The van der Waals surface area contributed by atoms with Crippen molar-refractivity contribution in [2.24, 2.45) is 4.36 Å². The molecular weight excluding hydrogens is 318 g/mol. The fraction of sp³-hybridized carbons (Fsp3) is 0.500. The Labute approximate surface area is 136 Å². The highest BCUT2D eigenvalue weighted by Gasteiger charge is 2.52. The molecule has 1 aliphatic carbocycles. The summed E-state index contributed by atoms with van der Waals surface area (Å²) in [5.74, 6) is -1.02. The molecule has 23 heavy (non-hydrogen) atoms. The number of carbonyl (C=O) groups excluding carboxylic acids is 1. The molecular formula is C16H21NO5S. The van der Waals surface area contributed by atoms with Crippen molar-refractivity contribution in [3.63, 3.8) is 0 Å². The van der Waals surface area contributed by atoms with Gasteiger partial charge in [-0.15, -0.1) is 4.36 Å². The second kappa shape index (κ2) is 5.63. The molecule has 0 aliphatic heterocycles. The minimum Gasteiger partial charge on any atom is -0.478 e. The van der Waals surface area contributed by atoms with Crippen LogP contribution in [0, 0.1) is 0 Å². The molecule has 1 aliphatic rings. The van der Waals surface area contributed by atoms with Crippen molar-refractivity contribution < 1.29 is 23.6 Å². The number of carboxylic acids is 1. The molecule has 2 rings (SSSR count). The first-order valence-corrected chi connectivity index (χ1v) is 9.18. The van der Waals surface area contributed by atoms with Crippen LogP contribution in [-0.2, 0) is 19.2 Å². The van der Waals surface area contributed by atoms with Crippen LogP contribution in [-0.4, -0.2) is 33.2 Å². The number of carbonyl (C=O) groups is 2. The molecule has 0 radical (unpaired) electrons. The maximum absolute atomic E-state index is 13.0. The number of ether oxygens (including phenoxy) is 1. The van der Waals surface area contributed by atoms with Gasteiger partial charge in [0.1, 0.15) is 5.60 Å². The molecule has 0 spiro atoms. The van der Waals surface area contributed by atoms with Gasteiger partial charge in [0.15, 0.2) is 0 Å². The summed E-state index contributed by atoms with van der Waals surface area (Å²) in [5, 5.41) is 8.94. The number of carboxylic acid groups (broad SMARTS) is 1. The maximum atomic E-state index is 13.0. The number of aromatic carboxylic acids is 1. The van der Waals surface area contributed by atoms with Gasteiger partial charge in [0.05, 0.1) is 20.0 Å². The maximum Gasteiger partial charge on any atom is 0.442 e. The quantitative estimate of drug-likeness (QED) is 0.911. The fourth-order valence-electron chi connectivity index (χ4n) is 2.43. The summed E-state index contributed by atoms with van der Waals surface area (Å²) in [5.41, 5.74) is 0.203. The highest BCUT2D eigenvalue weighted by atomic mass is 32.2. The number of benzene rings is 1. The Hall–Kier alpha value is -1.89. The molecule has 1 unspecified atom stereocenters. The van der Waals surface area contributed by atoms with Crippen molar-refractivity contribution in [3.05, 3.63) is 35.4 Å². The summed E-state index contributed by atoms with van der Waals surface area (Å²) in [7, 11) is -2.85. The first-order valence-electron chi connectivity index (χ1n) is 7.25. The van der Waals surface area contributed by atoms with E-state index in [1.807, 2.05) is 0 Å². The van der Waals surface area contributed by atoms with E-state index in [2.05, 4.69) is 4.36 Å². The molecule has 6 nitrogen and oxygen atoms in total. The van der Waals surface area contributed by atoms with Gasteiger partial charge >= 0.3 is 12.1 Å². The first-order chi connectivity index (χ1) is 10.5. The lowest BCUT2D eigenvalue weighted by Gasteiger charge is -2.20. The molecule has 1 aromatic rings. The Morgan fingerprint density at radius 1 is 1.22 bits per heavy atom. The fourth-order valence-corrected chi connectivity index (χ4v) is 4.36. The molecule has 0 heterocycles. The van der Waals surface area contributed by atoms with E-state index in [0.717, 1.165) is 5.56 Å². The van der Waals surface area contributed by atoms with E-state index in [-0.39, 0.29) is 5.56 Å². The molecule has 1 N–H and O–H groups in total. The van der Waals surface area contributed by atoms with Gasteiger partial charge in [0.25, 0.3) is 0 Å². The van der Waals surface area contributed by atoms with Crippen LogP contribution in [0.15, 0.2) is 28.6 Å². The predicted molar refractivity (Wildman–Crippen MR) is 87.0 cm³/mol. The summed E-state index contributed by atoms with van der Waals surface area (Å²) in [6.45, 7) is 5.15. The monoisotopic (exact) mass is 339 g/mol. The van der Waals surface area contributed by atoms with E-state index in [4.69, 9.17) is 9.84 Å². The lowest BCUT2D eigenvalue weighted by Crippen LogP contribution is -2.25. The van der Waals surface area contributed by atoms with Crippen LogP contribution in [0.4, 0.5) is 4.79 Å². The third-order valence-electron chi connectivity index (χ3n) is 3.73. The summed E-state index contributed by atoms with van der Waals surface area (Å²) in [6.07, 6.45) is 1.90. The van der Waals surface area contributed by atoms with E-state index in [1.54, 1.807) is 32.9 Å². The molecule has 126 valence electrons.